The van der Waals surface area contributed by atoms with E-state index in [0.29, 0.717) is 12.3 Å². The van der Waals surface area contributed by atoms with E-state index in [9.17, 15) is 4.79 Å². The minimum absolute atomic E-state index is 0.123. The molecule has 1 N–H and O–H groups in total. The number of allylic oxidation sites excluding steroid dienone is 2. The number of carbonyl (C=O) groups excluding carboxylic acids is 1. The molecule has 4 heteroatoms. The minimum Gasteiger partial charge on any atom is -0.338 e. The normalized spacial score (nSPS) is 21.1. The molecule has 0 spiro atoms. The van der Waals surface area contributed by atoms with Gasteiger partial charge in [0.2, 0.25) is 5.88 Å². The fourth-order valence-corrected chi connectivity index (χ4v) is 4.62. The van der Waals surface area contributed by atoms with Crippen LogP contribution in [0.3, 0.4) is 0 Å². The molecule has 2 aromatic carbocycles. The van der Waals surface area contributed by atoms with E-state index in [1.54, 1.807) is 0 Å². The Balaban J connectivity index is 1.64. The van der Waals surface area contributed by atoms with Crippen molar-refractivity contribution in [3.05, 3.63) is 93.8 Å². The number of Topliss-reactive ketones (excluding diaryl/α,β-unsaturated/α-hetero) is 1. The van der Waals surface area contributed by atoms with Crippen molar-refractivity contribution < 1.29 is 9.32 Å². The molecular weight excluding hydrogens is 348 g/mol. The standard InChI is InChI=1S/C24H22N2O2/c1-14-7-6-10-17(11-14)22-21-15(2)26-28-24(21)25-19-12-18(13-20(27)23(19)22)16-8-4-3-5-9-16/h3-11,18,22,25H,12-13H2,1-2H3/t18-,22+/m0/s1. The van der Waals surface area contributed by atoms with Crippen molar-refractivity contribution in [2.75, 3.05) is 5.32 Å². The molecule has 2 aliphatic rings. The molecule has 28 heavy (non-hydrogen) atoms. The predicted octanol–water partition coefficient (Wildman–Crippen LogP) is 5.25. The first kappa shape index (κ1) is 17.0. The fraction of sp³-hybridized carbons (Fsp3) is 0.250. The molecule has 0 bridgehead atoms. The summed E-state index contributed by atoms with van der Waals surface area (Å²) < 4.78 is 5.59. The molecule has 1 aromatic heterocycles. The second-order valence-electron chi connectivity index (χ2n) is 7.81. The number of hydrogen-bond donors (Lipinski definition) is 1. The van der Waals surface area contributed by atoms with Crippen LogP contribution in [0.2, 0.25) is 0 Å². The molecule has 3 aromatic rings. The van der Waals surface area contributed by atoms with Crippen LogP contribution in [-0.2, 0) is 4.79 Å². The third kappa shape index (κ3) is 2.68. The van der Waals surface area contributed by atoms with Gasteiger partial charge in [0.1, 0.15) is 0 Å². The maximum atomic E-state index is 13.4. The third-order valence-electron chi connectivity index (χ3n) is 5.90. The highest BCUT2D eigenvalue weighted by atomic mass is 16.5. The van der Waals surface area contributed by atoms with E-state index in [1.165, 1.54) is 11.1 Å². The van der Waals surface area contributed by atoms with Crippen LogP contribution in [0, 0.1) is 13.8 Å². The van der Waals surface area contributed by atoms with Crippen molar-refractivity contribution in [1.82, 2.24) is 5.16 Å². The number of aromatic nitrogens is 1. The topological polar surface area (TPSA) is 55.1 Å². The Hall–Kier alpha value is -3.14. The van der Waals surface area contributed by atoms with Crippen LogP contribution < -0.4 is 5.32 Å². The highest BCUT2D eigenvalue weighted by Gasteiger charge is 2.41. The number of anilines is 1. The SMILES string of the molecule is Cc1cccc([C@H]2C3=C(C[C@H](c4ccccc4)CC3=O)Nc3onc(C)c32)c1. The van der Waals surface area contributed by atoms with Crippen molar-refractivity contribution in [3.8, 4) is 0 Å². The van der Waals surface area contributed by atoms with Gasteiger partial charge in [0.05, 0.1) is 11.3 Å². The first-order valence-corrected chi connectivity index (χ1v) is 9.72. The van der Waals surface area contributed by atoms with E-state index in [2.05, 4.69) is 53.8 Å². The van der Waals surface area contributed by atoms with E-state index in [4.69, 9.17) is 4.52 Å². The highest BCUT2D eigenvalue weighted by Crippen LogP contribution is 2.49. The van der Waals surface area contributed by atoms with Crippen molar-refractivity contribution >= 4 is 11.7 Å². The lowest BCUT2D eigenvalue weighted by molar-refractivity contribution is -0.116. The Bertz CT molecular complexity index is 1090. The van der Waals surface area contributed by atoms with Gasteiger partial charge in [-0.25, -0.2) is 0 Å². The molecule has 1 aliphatic heterocycles. The summed E-state index contributed by atoms with van der Waals surface area (Å²) in [6, 6.07) is 18.7. The number of rotatable bonds is 2. The largest absolute Gasteiger partial charge is 0.338 e. The molecule has 4 nitrogen and oxygen atoms in total. The van der Waals surface area contributed by atoms with Gasteiger partial charge >= 0.3 is 0 Å². The van der Waals surface area contributed by atoms with Gasteiger partial charge in [-0.1, -0.05) is 65.3 Å². The Morgan fingerprint density at radius 2 is 1.79 bits per heavy atom. The van der Waals surface area contributed by atoms with Gasteiger partial charge in [-0.15, -0.1) is 0 Å². The summed E-state index contributed by atoms with van der Waals surface area (Å²) in [5, 5.41) is 7.57. The Morgan fingerprint density at radius 1 is 1.00 bits per heavy atom. The van der Waals surface area contributed by atoms with Crippen LogP contribution in [0.5, 0.6) is 0 Å². The molecule has 5 rings (SSSR count). The number of aryl methyl sites for hydroxylation is 2. The van der Waals surface area contributed by atoms with E-state index in [1.807, 2.05) is 25.1 Å². The summed E-state index contributed by atoms with van der Waals surface area (Å²) in [6.07, 6.45) is 1.33. The number of fused-ring (bicyclic) bond motifs is 1. The zero-order chi connectivity index (χ0) is 19.3. The van der Waals surface area contributed by atoms with Gasteiger partial charge in [-0.2, -0.15) is 0 Å². The average Bonchev–Trinajstić information content (AvgIpc) is 3.07. The van der Waals surface area contributed by atoms with Crippen LogP contribution in [-0.4, -0.2) is 10.9 Å². The zero-order valence-electron chi connectivity index (χ0n) is 16.0. The fourth-order valence-electron chi connectivity index (χ4n) is 4.62. The maximum Gasteiger partial charge on any atom is 0.233 e. The van der Waals surface area contributed by atoms with Crippen LogP contribution in [0.15, 0.2) is 70.4 Å². The van der Waals surface area contributed by atoms with E-state index in [0.717, 1.165) is 34.5 Å². The quantitative estimate of drug-likeness (QED) is 0.669. The summed E-state index contributed by atoms with van der Waals surface area (Å²) >= 11 is 0. The highest BCUT2D eigenvalue weighted by molar-refractivity contribution is 6.01. The lowest BCUT2D eigenvalue weighted by Gasteiger charge is -2.34. The number of ketones is 1. The summed E-state index contributed by atoms with van der Waals surface area (Å²) in [5.41, 5.74) is 7.16. The minimum atomic E-state index is -0.123. The molecule has 0 amide bonds. The Kier molecular flexibility index (Phi) is 3.93. The number of nitrogens with one attached hydrogen (secondary N) is 1. The number of benzene rings is 2. The second-order valence-corrected chi connectivity index (χ2v) is 7.81. The molecular formula is C24H22N2O2. The van der Waals surface area contributed by atoms with Crippen LogP contribution >= 0.6 is 0 Å². The summed E-state index contributed by atoms with van der Waals surface area (Å²) in [6.45, 7) is 4.02. The first-order valence-electron chi connectivity index (χ1n) is 9.72. The van der Waals surface area contributed by atoms with E-state index in [-0.39, 0.29) is 17.6 Å². The van der Waals surface area contributed by atoms with E-state index < -0.39 is 0 Å². The molecule has 2 atom stereocenters. The van der Waals surface area contributed by atoms with Crippen LogP contribution in [0.1, 0.15) is 52.6 Å². The first-order chi connectivity index (χ1) is 13.6. The number of nitrogens with zero attached hydrogens (tertiary/aromatic N) is 1. The van der Waals surface area contributed by atoms with Crippen molar-refractivity contribution in [2.24, 2.45) is 0 Å². The Labute approximate surface area is 164 Å². The molecule has 0 saturated carbocycles. The van der Waals surface area contributed by atoms with Gasteiger partial charge in [0.15, 0.2) is 5.78 Å². The van der Waals surface area contributed by atoms with Crippen molar-refractivity contribution in [2.45, 2.75) is 38.5 Å². The lowest BCUT2D eigenvalue weighted by Crippen LogP contribution is -2.29. The molecule has 1 aliphatic carbocycles. The summed E-state index contributed by atoms with van der Waals surface area (Å²) in [7, 11) is 0. The van der Waals surface area contributed by atoms with E-state index >= 15 is 0 Å². The van der Waals surface area contributed by atoms with Gasteiger partial charge < -0.3 is 9.84 Å². The predicted molar refractivity (Wildman–Crippen MR) is 108 cm³/mol. The van der Waals surface area contributed by atoms with Gasteiger partial charge in [-0.05, 0) is 37.3 Å². The van der Waals surface area contributed by atoms with Gasteiger partial charge in [0, 0.05) is 23.6 Å². The molecule has 140 valence electrons. The maximum absolute atomic E-state index is 13.4. The van der Waals surface area contributed by atoms with Crippen LogP contribution in [0.4, 0.5) is 5.88 Å². The van der Waals surface area contributed by atoms with Gasteiger partial charge in [0.25, 0.3) is 0 Å². The van der Waals surface area contributed by atoms with Crippen molar-refractivity contribution in [3.63, 3.8) is 0 Å². The molecule has 2 heterocycles. The third-order valence-corrected chi connectivity index (χ3v) is 5.90. The molecule has 0 fully saturated rings. The van der Waals surface area contributed by atoms with Crippen LogP contribution in [0.25, 0.3) is 0 Å². The Morgan fingerprint density at radius 3 is 2.57 bits per heavy atom. The smallest absolute Gasteiger partial charge is 0.233 e. The number of hydrogen-bond acceptors (Lipinski definition) is 4. The lowest BCUT2D eigenvalue weighted by atomic mass is 9.72. The molecule has 0 saturated heterocycles. The molecule has 0 radical (unpaired) electrons. The number of carbonyl (C=O) groups is 1. The summed E-state index contributed by atoms with van der Waals surface area (Å²) in [4.78, 5) is 13.4. The second kappa shape index (κ2) is 6.48. The average molecular weight is 370 g/mol. The van der Waals surface area contributed by atoms with Gasteiger partial charge in [-0.3, -0.25) is 4.79 Å². The van der Waals surface area contributed by atoms with Crippen molar-refractivity contribution in [1.29, 1.82) is 0 Å². The monoisotopic (exact) mass is 370 g/mol. The summed E-state index contributed by atoms with van der Waals surface area (Å²) in [5.74, 6) is 0.940. The molecule has 0 unspecified atom stereocenters. The zero-order valence-corrected chi connectivity index (χ0v) is 16.0.